The predicted octanol–water partition coefficient (Wildman–Crippen LogP) is 1.76. The molecule has 0 aliphatic carbocycles. The lowest BCUT2D eigenvalue weighted by atomic mass is 9.79. The highest BCUT2D eigenvalue weighted by Crippen LogP contribution is 2.29. The van der Waals surface area contributed by atoms with Gasteiger partial charge in [0.05, 0.1) is 16.7 Å². The Balaban J connectivity index is 2.80. The van der Waals surface area contributed by atoms with Gasteiger partial charge in [0, 0.05) is 23.5 Å². The maximum atomic E-state index is 12.2. The lowest BCUT2D eigenvalue weighted by molar-refractivity contribution is -0.126. The standard InChI is InChI=1S/C15H22N4O3/c1-14(2,13(21)19-22)9-15(3,4)18-12(20)10-5-6-11(7-16)17-8-10/h5-6,8H,7,9,16H2,1-4H3,(H,18,20). The number of pyridine rings is 1. The third kappa shape index (κ3) is 4.70. The predicted molar refractivity (Wildman–Crippen MR) is 82.9 cm³/mol. The minimum absolute atomic E-state index is 0.282. The summed E-state index contributed by atoms with van der Waals surface area (Å²) in [6, 6.07) is 3.33. The molecule has 0 saturated carbocycles. The van der Waals surface area contributed by atoms with E-state index in [-0.39, 0.29) is 12.3 Å². The monoisotopic (exact) mass is 306 g/mol. The fourth-order valence-corrected chi connectivity index (χ4v) is 2.41. The number of nitrogens with zero attached hydrogens (tertiary/aromatic N) is 2. The van der Waals surface area contributed by atoms with Gasteiger partial charge in [-0.2, -0.15) is 0 Å². The lowest BCUT2D eigenvalue weighted by Crippen LogP contribution is -2.47. The van der Waals surface area contributed by atoms with Gasteiger partial charge >= 0.3 is 0 Å². The number of carbonyl (C=O) groups excluding carboxylic acids is 2. The molecule has 0 aromatic carbocycles. The van der Waals surface area contributed by atoms with E-state index in [4.69, 9.17) is 5.73 Å². The highest BCUT2D eigenvalue weighted by molar-refractivity contribution is 5.94. The van der Waals surface area contributed by atoms with Gasteiger partial charge in [0.1, 0.15) is 0 Å². The molecule has 22 heavy (non-hydrogen) atoms. The topological polar surface area (TPSA) is 115 Å². The smallest absolute Gasteiger partial charge is 0.291 e. The third-order valence-corrected chi connectivity index (χ3v) is 3.29. The molecular weight excluding hydrogens is 284 g/mol. The van der Waals surface area contributed by atoms with Crippen LogP contribution in [0.25, 0.3) is 0 Å². The molecule has 0 aliphatic heterocycles. The molecule has 0 spiro atoms. The van der Waals surface area contributed by atoms with Crippen molar-refractivity contribution in [2.24, 2.45) is 16.3 Å². The lowest BCUT2D eigenvalue weighted by Gasteiger charge is -2.33. The first kappa shape index (κ1) is 17.9. The van der Waals surface area contributed by atoms with Crippen LogP contribution in [0.3, 0.4) is 0 Å². The molecule has 0 saturated heterocycles. The first-order chi connectivity index (χ1) is 10.1. The Bertz CT molecular complexity index is 565. The van der Waals surface area contributed by atoms with Gasteiger partial charge in [0.15, 0.2) is 0 Å². The number of hydrogen-bond donors (Lipinski definition) is 2. The van der Waals surface area contributed by atoms with E-state index in [9.17, 15) is 14.5 Å². The van der Waals surface area contributed by atoms with Crippen LogP contribution in [0.2, 0.25) is 0 Å². The number of nitrogens with two attached hydrogens (primary N) is 1. The maximum Gasteiger partial charge on any atom is 0.291 e. The van der Waals surface area contributed by atoms with Crippen molar-refractivity contribution in [3.63, 3.8) is 0 Å². The molecule has 7 heteroatoms. The summed E-state index contributed by atoms with van der Waals surface area (Å²) in [5.41, 5.74) is 4.93. The van der Waals surface area contributed by atoms with Crippen LogP contribution >= 0.6 is 0 Å². The molecule has 1 heterocycles. The number of nitroso groups, excluding NO2 is 1. The van der Waals surface area contributed by atoms with Crippen LogP contribution in [-0.2, 0) is 11.3 Å². The Hall–Kier alpha value is -2.15. The summed E-state index contributed by atoms with van der Waals surface area (Å²) in [6.45, 7) is 7.13. The van der Waals surface area contributed by atoms with Crippen molar-refractivity contribution >= 4 is 11.8 Å². The number of nitrogens with one attached hydrogen (secondary N) is 1. The zero-order chi connectivity index (χ0) is 17.0. The van der Waals surface area contributed by atoms with Crippen LogP contribution in [0.5, 0.6) is 0 Å². The van der Waals surface area contributed by atoms with Gasteiger partial charge in [-0.1, -0.05) is 13.8 Å². The molecule has 0 atom stereocenters. The first-order valence-electron chi connectivity index (χ1n) is 6.96. The zero-order valence-electron chi connectivity index (χ0n) is 13.3. The van der Waals surface area contributed by atoms with Crippen molar-refractivity contribution in [3.05, 3.63) is 34.5 Å². The highest BCUT2D eigenvalue weighted by atomic mass is 16.3. The summed E-state index contributed by atoms with van der Waals surface area (Å²) in [7, 11) is 0. The van der Waals surface area contributed by atoms with Crippen molar-refractivity contribution in [3.8, 4) is 0 Å². The average molecular weight is 306 g/mol. The summed E-state index contributed by atoms with van der Waals surface area (Å²) in [6.07, 6.45) is 1.74. The quantitative estimate of drug-likeness (QED) is 0.777. The van der Waals surface area contributed by atoms with Crippen molar-refractivity contribution in [1.29, 1.82) is 0 Å². The van der Waals surface area contributed by atoms with E-state index >= 15 is 0 Å². The molecular formula is C15H22N4O3. The van der Waals surface area contributed by atoms with Crippen molar-refractivity contribution in [1.82, 2.24) is 10.3 Å². The average Bonchev–Trinajstić information content (AvgIpc) is 2.44. The molecule has 3 N–H and O–H groups in total. The molecule has 0 bridgehead atoms. The van der Waals surface area contributed by atoms with Gasteiger partial charge in [-0.25, -0.2) is 0 Å². The van der Waals surface area contributed by atoms with E-state index in [2.05, 4.69) is 15.5 Å². The van der Waals surface area contributed by atoms with Gasteiger partial charge in [-0.3, -0.25) is 14.6 Å². The van der Waals surface area contributed by atoms with Crippen molar-refractivity contribution in [2.75, 3.05) is 0 Å². The number of aromatic nitrogens is 1. The van der Waals surface area contributed by atoms with Gasteiger partial charge in [0.2, 0.25) is 0 Å². The van der Waals surface area contributed by atoms with Crippen LogP contribution in [-0.4, -0.2) is 22.3 Å². The second-order valence-electron chi connectivity index (χ2n) is 6.54. The van der Waals surface area contributed by atoms with E-state index < -0.39 is 16.9 Å². The minimum atomic E-state index is -0.944. The first-order valence-corrected chi connectivity index (χ1v) is 6.96. The van der Waals surface area contributed by atoms with E-state index in [0.717, 1.165) is 0 Å². The Morgan fingerprint density at radius 3 is 2.36 bits per heavy atom. The van der Waals surface area contributed by atoms with E-state index in [1.165, 1.54) is 6.20 Å². The molecule has 1 rings (SSSR count). The van der Waals surface area contributed by atoms with Gasteiger partial charge in [-0.05, 0) is 32.4 Å². The summed E-state index contributed by atoms with van der Waals surface area (Å²) >= 11 is 0. The molecule has 0 fully saturated rings. The van der Waals surface area contributed by atoms with Gasteiger partial charge in [0.25, 0.3) is 11.8 Å². The SMILES string of the molecule is CC(C)(CC(C)(C)C(=O)N=O)NC(=O)c1ccc(CN)nc1. The zero-order valence-corrected chi connectivity index (χ0v) is 13.3. The molecule has 1 aromatic heterocycles. The molecule has 1 aromatic rings. The minimum Gasteiger partial charge on any atom is -0.347 e. The van der Waals surface area contributed by atoms with Crippen molar-refractivity contribution in [2.45, 2.75) is 46.2 Å². The van der Waals surface area contributed by atoms with Crippen LogP contribution in [0.1, 0.15) is 50.2 Å². The van der Waals surface area contributed by atoms with E-state index in [1.54, 1.807) is 39.8 Å². The van der Waals surface area contributed by atoms with Crippen LogP contribution in [0.15, 0.2) is 23.5 Å². The highest BCUT2D eigenvalue weighted by Gasteiger charge is 2.36. The molecule has 120 valence electrons. The van der Waals surface area contributed by atoms with E-state index in [0.29, 0.717) is 17.8 Å². The molecule has 0 aliphatic rings. The number of hydrogen-bond acceptors (Lipinski definition) is 5. The summed E-state index contributed by atoms with van der Waals surface area (Å²) < 4.78 is 0. The summed E-state index contributed by atoms with van der Waals surface area (Å²) in [5.74, 6) is -1.04. The van der Waals surface area contributed by atoms with Gasteiger partial charge in [-0.15, -0.1) is 4.91 Å². The van der Waals surface area contributed by atoms with Crippen LogP contribution < -0.4 is 11.1 Å². The Morgan fingerprint density at radius 1 is 1.27 bits per heavy atom. The number of amides is 2. The molecule has 7 nitrogen and oxygen atoms in total. The number of rotatable bonds is 6. The third-order valence-electron chi connectivity index (χ3n) is 3.29. The Kier molecular flexibility index (Phi) is 5.48. The Labute approximate surface area is 129 Å². The molecule has 2 amide bonds. The fraction of sp³-hybridized carbons (Fsp3) is 0.533. The largest absolute Gasteiger partial charge is 0.347 e. The van der Waals surface area contributed by atoms with E-state index in [1.807, 2.05) is 0 Å². The fourth-order valence-electron chi connectivity index (χ4n) is 2.41. The summed E-state index contributed by atoms with van der Waals surface area (Å²) in [4.78, 5) is 38.3. The molecule has 0 unspecified atom stereocenters. The second kappa shape index (κ2) is 6.74. The summed E-state index contributed by atoms with van der Waals surface area (Å²) in [5, 5.41) is 5.32. The number of carbonyl (C=O) groups is 2. The normalized spacial score (nSPS) is 11.9. The maximum absolute atomic E-state index is 12.2. The van der Waals surface area contributed by atoms with Crippen LogP contribution in [0.4, 0.5) is 0 Å². The van der Waals surface area contributed by atoms with Gasteiger partial charge < -0.3 is 11.1 Å². The van der Waals surface area contributed by atoms with Crippen LogP contribution in [0, 0.1) is 10.3 Å². The second-order valence-corrected chi connectivity index (χ2v) is 6.54. The molecule has 0 radical (unpaired) electrons. The Morgan fingerprint density at radius 2 is 1.91 bits per heavy atom. The van der Waals surface area contributed by atoms with Crippen molar-refractivity contribution < 1.29 is 9.59 Å².